The summed E-state index contributed by atoms with van der Waals surface area (Å²) in [6.45, 7) is 0. The molecule has 1 aromatic rings. The number of nitriles is 1. The monoisotopic (exact) mass is 243 g/mol. The van der Waals surface area contributed by atoms with Crippen LogP contribution in [0.5, 0.6) is 0 Å². The molecule has 0 bridgehead atoms. The van der Waals surface area contributed by atoms with Gasteiger partial charge in [0.05, 0.1) is 17.7 Å². The van der Waals surface area contributed by atoms with Crippen molar-refractivity contribution in [2.24, 2.45) is 0 Å². The Hall–Kier alpha value is -1.15. The van der Waals surface area contributed by atoms with Crippen molar-refractivity contribution in [1.29, 1.82) is 5.26 Å². The molecule has 0 aliphatic carbocycles. The predicted molar refractivity (Wildman–Crippen MR) is 57.4 cm³/mol. The van der Waals surface area contributed by atoms with E-state index in [0.717, 1.165) is 12.1 Å². The van der Waals surface area contributed by atoms with E-state index in [2.05, 4.69) is 0 Å². The molecule has 2 unspecified atom stereocenters. The molecule has 0 saturated heterocycles. The van der Waals surface area contributed by atoms with Gasteiger partial charge < -0.3 is 10.2 Å². The highest BCUT2D eigenvalue weighted by Crippen LogP contribution is 2.23. The Morgan fingerprint density at radius 2 is 2.12 bits per heavy atom. The zero-order valence-electron chi connectivity index (χ0n) is 8.40. The van der Waals surface area contributed by atoms with Crippen molar-refractivity contribution < 1.29 is 14.6 Å². The van der Waals surface area contributed by atoms with Gasteiger partial charge in [0.25, 0.3) is 0 Å². The third-order valence-corrected chi connectivity index (χ3v) is 2.44. The van der Waals surface area contributed by atoms with Crippen LogP contribution in [0.25, 0.3) is 0 Å². The molecule has 2 N–H and O–H groups in total. The molecule has 3 nitrogen and oxygen atoms in total. The number of halogens is 2. The number of benzene rings is 1. The van der Waals surface area contributed by atoms with E-state index in [1.165, 1.54) is 6.07 Å². The van der Waals surface area contributed by atoms with Crippen LogP contribution < -0.4 is 0 Å². The molecule has 0 fully saturated rings. The lowest BCUT2D eigenvalue weighted by molar-refractivity contribution is 0.0168. The summed E-state index contributed by atoms with van der Waals surface area (Å²) in [5.74, 6) is -0.360. The van der Waals surface area contributed by atoms with Gasteiger partial charge in [-0.05, 0) is 18.6 Å². The highest BCUT2D eigenvalue weighted by Gasteiger charge is 2.20. The third kappa shape index (κ3) is 2.92. The Balaban J connectivity index is 2.99. The molecule has 0 amide bonds. The minimum Gasteiger partial charge on any atom is -0.390 e. The van der Waals surface area contributed by atoms with Gasteiger partial charge >= 0.3 is 0 Å². The summed E-state index contributed by atoms with van der Waals surface area (Å²) in [6.07, 6.45) is -2.09. The van der Waals surface area contributed by atoms with E-state index in [1.54, 1.807) is 6.07 Å². The molecule has 0 saturated carbocycles. The first-order valence-electron chi connectivity index (χ1n) is 4.71. The predicted octanol–water partition coefficient (Wildman–Crippen LogP) is 1.72. The molecule has 0 radical (unpaired) electrons. The molecule has 1 rings (SSSR count). The normalized spacial score (nSPS) is 14.2. The van der Waals surface area contributed by atoms with Crippen LogP contribution in [0.2, 0.25) is 0 Å². The number of rotatable bonds is 4. The van der Waals surface area contributed by atoms with E-state index in [0.29, 0.717) is 0 Å². The minimum atomic E-state index is -1.23. The van der Waals surface area contributed by atoms with Crippen molar-refractivity contribution in [3.05, 3.63) is 35.1 Å². The van der Waals surface area contributed by atoms with Crippen LogP contribution in [0, 0.1) is 17.1 Å². The summed E-state index contributed by atoms with van der Waals surface area (Å²) in [6, 6.07) is 5.21. The molecule has 0 spiro atoms. The zero-order chi connectivity index (χ0) is 12.1. The number of hydrogen-bond donors (Lipinski definition) is 2. The molecule has 86 valence electrons. The lowest BCUT2D eigenvalue weighted by Crippen LogP contribution is -2.19. The van der Waals surface area contributed by atoms with Crippen LogP contribution in [0.1, 0.15) is 23.7 Å². The fraction of sp³-hybridized carbons (Fsp3) is 0.364. The molecule has 16 heavy (non-hydrogen) atoms. The average molecular weight is 244 g/mol. The molecule has 0 aromatic heterocycles. The van der Waals surface area contributed by atoms with Crippen LogP contribution in [0.3, 0.4) is 0 Å². The average Bonchev–Trinajstić information content (AvgIpc) is 2.28. The van der Waals surface area contributed by atoms with Gasteiger partial charge in [0.1, 0.15) is 11.9 Å². The lowest BCUT2D eigenvalue weighted by atomic mass is 9.98. The van der Waals surface area contributed by atoms with Crippen molar-refractivity contribution in [1.82, 2.24) is 0 Å². The molecule has 5 heteroatoms. The molecule has 1 aromatic carbocycles. The Morgan fingerprint density at radius 1 is 1.44 bits per heavy atom. The fourth-order valence-corrected chi connectivity index (χ4v) is 1.58. The first-order chi connectivity index (χ1) is 7.60. The smallest absolute Gasteiger partial charge is 0.124 e. The van der Waals surface area contributed by atoms with Gasteiger partial charge in [0.15, 0.2) is 0 Å². The number of nitrogens with zero attached hydrogens (tertiary/aromatic N) is 1. The van der Waals surface area contributed by atoms with Crippen molar-refractivity contribution in [2.75, 3.05) is 5.88 Å². The van der Waals surface area contributed by atoms with Crippen molar-refractivity contribution >= 4 is 11.6 Å². The van der Waals surface area contributed by atoms with E-state index in [9.17, 15) is 14.6 Å². The maximum absolute atomic E-state index is 12.8. The fourth-order valence-electron chi connectivity index (χ4n) is 1.36. The second kappa shape index (κ2) is 5.80. The van der Waals surface area contributed by atoms with Crippen LogP contribution in [-0.4, -0.2) is 22.2 Å². The second-order valence-corrected chi connectivity index (χ2v) is 3.71. The van der Waals surface area contributed by atoms with Crippen LogP contribution in [-0.2, 0) is 0 Å². The van der Waals surface area contributed by atoms with E-state index in [4.69, 9.17) is 16.9 Å². The quantitative estimate of drug-likeness (QED) is 0.792. The van der Waals surface area contributed by atoms with E-state index >= 15 is 0 Å². The van der Waals surface area contributed by atoms with Crippen molar-refractivity contribution in [2.45, 2.75) is 18.6 Å². The van der Waals surface area contributed by atoms with Crippen molar-refractivity contribution in [3.8, 4) is 6.07 Å². The summed E-state index contributed by atoms with van der Waals surface area (Å²) >= 11 is 5.43. The van der Waals surface area contributed by atoms with Gasteiger partial charge in [-0.3, -0.25) is 0 Å². The van der Waals surface area contributed by atoms with Gasteiger partial charge in [0, 0.05) is 11.4 Å². The first-order valence-corrected chi connectivity index (χ1v) is 5.25. The largest absolute Gasteiger partial charge is 0.390 e. The van der Waals surface area contributed by atoms with Crippen molar-refractivity contribution in [3.63, 3.8) is 0 Å². The highest BCUT2D eigenvalue weighted by molar-refractivity contribution is 6.17. The zero-order valence-corrected chi connectivity index (χ0v) is 9.15. The summed E-state index contributed by atoms with van der Waals surface area (Å²) in [7, 11) is 0. The second-order valence-electron chi connectivity index (χ2n) is 3.33. The number of aliphatic hydroxyl groups excluding tert-OH is 2. The molecule has 0 aliphatic rings. The Bertz CT molecular complexity index is 405. The van der Waals surface area contributed by atoms with Crippen LogP contribution in [0.15, 0.2) is 18.2 Å². The number of hydrogen-bond acceptors (Lipinski definition) is 3. The Kier molecular flexibility index (Phi) is 4.69. The standard InChI is InChI=1S/C11H11ClFNO2/c12-4-3-10(15)11(16)9-2-1-8(13)5-7(9)6-14/h1-2,5,10-11,15-16H,3-4H2. The SMILES string of the molecule is N#Cc1cc(F)ccc1C(O)C(O)CCCl. The maximum Gasteiger partial charge on any atom is 0.124 e. The molecule has 0 heterocycles. The highest BCUT2D eigenvalue weighted by atomic mass is 35.5. The van der Waals surface area contributed by atoms with E-state index in [-0.39, 0.29) is 23.4 Å². The topological polar surface area (TPSA) is 64.2 Å². The summed E-state index contributed by atoms with van der Waals surface area (Å²) in [4.78, 5) is 0. The molecular weight excluding hydrogens is 233 g/mol. The summed E-state index contributed by atoms with van der Waals surface area (Å²) in [5.41, 5.74) is 0.225. The minimum absolute atomic E-state index is 0.0149. The van der Waals surface area contributed by atoms with Gasteiger partial charge in [-0.15, -0.1) is 11.6 Å². The van der Waals surface area contributed by atoms with Crippen LogP contribution >= 0.6 is 11.6 Å². The number of aliphatic hydroxyl groups is 2. The van der Waals surface area contributed by atoms with Gasteiger partial charge in [-0.25, -0.2) is 4.39 Å². The molecule has 0 aliphatic heterocycles. The Labute approximate surface area is 97.7 Å². The molecular formula is C11H11ClFNO2. The lowest BCUT2D eigenvalue weighted by Gasteiger charge is -2.18. The number of alkyl halides is 1. The summed E-state index contributed by atoms with van der Waals surface area (Å²) in [5, 5.41) is 28.0. The van der Waals surface area contributed by atoms with Gasteiger partial charge in [0.2, 0.25) is 0 Å². The van der Waals surface area contributed by atoms with Crippen LogP contribution in [0.4, 0.5) is 4.39 Å². The third-order valence-electron chi connectivity index (χ3n) is 2.22. The van der Waals surface area contributed by atoms with E-state index in [1.807, 2.05) is 0 Å². The first kappa shape index (κ1) is 12.9. The maximum atomic E-state index is 12.8. The van der Waals surface area contributed by atoms with E-state index < -0.39 is 18.0 Å². The Morgan fingerprint density at radius 3 is 2.69 bits per heavy atom. The van der Waals surface area contributed by atoms with Gasteiger partial charge in [-0.1, -0.05) is 6.07 Å². The summed E-state index contributed by atoms with van der Waals surface area (Å²) < 4.78 is 12.8. The van der Waals surface area contributed by atoms with Gasteiger partial charge in [-0.2, -0.15) is 5.26 Å². The molecule has 2 atom stereocenters.